The van der Waals surface area contributed by atoms with Crippen molar-refractivity contribution in [2.75, 3.05) is 13.1 Å². The van der Waals surface area contributed by atoms with Crippen LogP contribution >= 0.6 is 0 Å². The minimum absolute atomic E-state index is 0.0828. The molecule has 22 heavy (non-hydrogen) atoms. The van der Waals surface area contributed by atoms with E-state index in [0.29, 0.717) is 11.5 Å². The lowest BCUT2D eigenvalue weighted by atomic mass is 9.93. The van der Waals surface area contributed by atoms with Crippen molar-refractivity contribution in [2.45, 2.75) is 32.6 Å². The van der Waals surface area contributed by atoms with Gasteiger partial charge < -0.3 is 4.90 Å². The van der Waals surface area contributed by atoms with Crippen molar-refractivity contribution in [3.05, 3.63) is 41.2 Å². The van der Waals surface area contributed by atoms with Gasteiger partial charge in [0.15, 0.2) is 0 Å². The molecule has 3 heterocycles. The molecule has 6 heteroatoms. The molecule has 2 aromatic rings. The highest BCUT2D eigenvalue weighted by atomic mass is 16.2. The Morgan fingerprint density at radius 1 is 1.23 bits per heavy atom. The number of carbonyl (C=O) groups excluding carboxylic acids is 1. The van der Waals surface area contributed by atoms with E-state index in [4.69, 9.17) is 0 Å². The zero-order valence-corrected chi connectivity index (χ0v) is 13.3. The van der Waals surface area contributed by atoms with Gasteiger partial charge >= 0.3 is 0 Å². The van der Waals surface area contributed by atoms with Crippen molar-refractivity contribution in [3.63, 3.8) is 0 Å². The summed E-state index contributed by atoms with van der Waals surface area (Å²) in [6.45, 7) is 5.35. The molecule has 1 amide bonds. The Bertz CT molecular complexity index is 686. The summed E-state index contributed by atoms with van der Waals surface area (Å²) >= 11 is 0. The van der Waals surface area contributed by atoms with Crippen molar-refractivity contribution in [1.29, 1.82) is 0 Å². The molecule has 3 rings (SSSR count). The maximum Gasteiger partial charge on any atom is 0.257 e. The van der Waals surface area contributed by atoms with Gasteiger partial charge in [-0.05, 0) is 26.7 Å². The fraction of sp³-hybridized carbons (Fsp3) is 0.500. The molecule has 2 aromatic heterocycles. The average molecular weight is 299 g/mol. The Morgan fingerprint density at radius 2 is 1.95 bits per heavy atom. The predicted octanol–water partition coefficient (Wildman–Crippen LogP) is 1.85. The molecule has 0 aliphatic carbocycles. The average Bonchev–Trinajstić information content (AvgIpc) is 2.85. The highest BCUT2D eigenvalue weighted by Gasteiger charge is 2.27. The molecule has 1 saturated heterocycles. The number of hydrogen-bond donors (Lipinski definition) is 0. The van der Waals surface area contributed by atoms with Gasteiger partial charge in [-0.15, -0.1) is 0 Å². The summed E-state index contributed by atoms with van der Waals surface area (Å²) in [7, 11) is 1.84. The van der Waals surface area contributed by atoms with Gasteiger partial charge in [0, 0.05) is 44.6 Å². The van der Waals surface area contributed by atoms with Gasteiger partial charge in [-0.25, -0.2) is 0 Å². The van der Waals surface area contributed by atoms with E-state index in [1.54, 1.807) is 17.1 Å². The lowest BCUT2D eigenvalue weighted by molar-refractivity contribution is 0.0711. The minimum Gasteiger partial charge on any atom is -0.338 e. The Balaban J connectivity index is 1.67. The largest absolute Gasteiger partial charge is 0.338 e. The molecule has 0 spiro atoms. The van der Waals surface area contributed by atoms with Crippen LogP contribution in [-0.2, 0) is 7.05 Å². The fourth-order valence-electron chi connectivity index (χ4n) is 3.04. The maximum atomic E-state index is 12.6. The quantitative estimate of drug-likeness (QED) is 0.849. The van der Waals surface area contributed by atoms with E-state index in [1.165, 1.54) is 0 Å². The zero-order valence-electron chi connectivity index (χ0n) is 13.3. The SMILES string of the molecule is Cc1cncc(C2CCN(C(=O)c3cn(C)nc3C)CC2)n1. The third-order valence-electron chi connectivity index (χ3n) is 4.22. The number of amides is 1. The van der Waals surface area contributed by atoms with Crippen LogP contribution in [-0.4, -0.2) is 43.6 Å². The third kappa shape index (κ3) is 2.86. The monoisotopic (exact) mass is 299 g/mol. The lowest BCUT2D eigenvalue weighted by Crippen LogP contribution is -2.38. The standard InChI is InChI=1S/C16H21N5O/c1-11-8-17-9-15(18-11)13-4-6-21(7-5-13)16(22)14-10-20(3)19-12(14)2/h8-10,13H,4-7H2,1-3H3. The third-order valence-corrected chi connectivity index (χ3v) is 4.22. The van der Waals surface area contributed by atoms with Crippen LogP contribution in [0, 0.1) is 13.8 Å². The number of hydrogen-bond acceptors (Lipinski definition) is 4. The zero-order chi connectivity index (χ0) is 15.7. The van der Waals surface area contributed by atoms with Crippen LogP contribution in [0.15, 0.2) is 18.6 Å². The number of aryl methyl sites for hydroxylation is 3. The lowest BCUT2D eigenvalue weighted by Gasteiger charge is -2.31. The summed E-state index contributed by atoms with van der Waals surface area (Å²) in [4.78, 5) is 23.3. The van der Waals surface area contributed by atoms with Gasteiger partial charge in [-0.1, -0.05) is 0 Å². The normalized spacial score (nSPS) is 16.0. The number of carbonyl (C=O) groups is 1. The van der Waals surface area contributed by atoms with Gasteiger partial charge in [0.05, 0.1) is 22.6 Å². The number of rotatable bonds is 2. The molecule has 1 aliphatic heterocycles. The van der Waals surface area contributed by atoms with Gasteiger partial charge in [0.25, 0.3) is 5.91 Å². The fourth-order valence-corrected chi connectivity index (χ4v) is 3.04. The second-order valence-electron chi connectivity index (χ2n) is 5.95. The van der Waals surface area contributed by atoms with E-state index in [2.05, 4.69) is 15.1 Å². The molecule has 0 N–H and O–H groups in total. The van der Waals surface area contributed by atoms with Gasteiger partial charge in [-0.2, -0.15) is 5.10 Å². The molecule has 116 valence electrons. The summed E-state index contributed by atoms with van der Waals surface area (Å²) in [5.41, 5.74) is 3.49. The van der Waals surface area contributed by atoms with E-state index < -0.39 is 0 Å². The number of nitrogens with zero attached hydrogens (tertiary/aromatic N) is 5. The number of aromatic nitrogens is 4. The van der Waals surface area contributed by atoms with Crippen molar-refractivity contribution < 1.29 is 4.79 Å². The molecule has 6 nitrogen and oxygen atoms in total. The van der Waals surface area contributed by atoms with Crippen LogP contribution in [0.1, 0.15) is 46.2 Å². The summed E-state index contributed by atoms with van der Waals surface area (Å²) in [5.74, 6) is 0.478. The second-order valence-corrected chi connectivity index (χ2v) is 5.95. The smallest absolute Gasteiger partial charge is 0.257 e. The minimum atomic E-state index is 0.0828. The highest BCUT2D eigenvalue weighted by molar-refractivity contribution is 5.95. The second kappa shape index (κ2) is 5.87. The molecular formula is C16H21N5O. The highest BCUT2D eigenvalue weighted by Crippen LogP contribution is 2.27. The first-order valence-corrected chi connectivity index (χ1v) is 7.62. The summed E-state index contributed by atoms with van der Waals surface area (Å²) in [5, 5.41) is 4.25. The van der Waals surface area contributed by atoms with Crippen molar-refractivity contribution in [3.8, 4) is 0 Å². The summed E-state index contributed by atoms with van der Waals surface area (Å²) in [6, 6.07) is 0. The molecule has 0 atom stereocenters. The molecular weight excluding hydrogens is 278 g/mol. The van der Waals surface area contributed by atoms with Crippen LogP contribution in [0.4, 0.5) is 0 Å². The Morgan fingerprint density at radius 3 is 2.55 bits per heavy atom. The van der Waals surface area contributed by atoms with Crippen molar-refractivity contribution in [2.24, 2.45) is 7.05 Å². The van der Waals surface area contributed by atoms with Gasteiger partial charge in [0.2, 0.25) is 0 Å². The first-order chi connectivity index (χ1) is 10.5. The van der Waals surface area contributed by atoms with Crippen LogP contribution < -0.4 is 0 Å². The first-order valence-electron chi connectivity index (χ1n) is 7.62. The van der Waals surface area contributed by atoms with Crippen LogP contribution in [0.5, 0.6) is 0 Å². The Labute approximate surface area is 130 Å². The Hall–Kier alpha value is -2.24. The molecule has 0 unspecified atom stereocenters. The van der Waals surface area contributed by atoms with Gasteiger partial charge in [0.1, 0.15) is 0 Å². The maximum absolute atomic E-state index is 12.6. The van der Waals surface area contributed by atoms with Crippen LogP contribution in [0.2, 0.25) is 0 Å². The molecule has 0 saturated carbocycles. The van der Waals surface area contributed by atoms with Crippen molar-refractivity contribution >= 4 is 5.91 Å². The van der Waals surface area contributed by atoms with E-state index in [9.17, 15) is 4.79 Å². The number of likely N-dealkylation sites (tertiary alicyclic amines) is 1. The van der Waals surface area contributed by atoms with Gasteiger partial charge in [-0.3, -0.25) is 19.4 Å². The molecule has 1 aliphatic rings. The molecule has 0 bridgehead atoms. The van der Waals surface area contributed by atoms with E-state index in [0.717, 1.165) is 43.0 Å². The number of piperidine rings is 1. The molecule has 0 aromatic carbocycles. The van der Waals surface area contributed by atoms with E-state index >= 15 is 0 Å². The summed E-state index contributed by atoms with van der Waals surface area (Å²) < 4.78 is 1.69. The van der Waals surface area contributed by atoms with Crippen molar-refractivity contribution in [1.82, 2.24) is 24.6 Å². The predicted molar refractivity (Wildman–Crippen MR) is 82.6 cm³/mol. The molecule has 1 fully saturated rings. The summed E-state index contributed by atoms with van der Waals surface area (Å²) in [6.07, 6.45) is 7.29. The van der Waals surface area contributed by atoms with E-state index in [-0.39, 0.29) is 5.91 Å². The topological polar surface area (TPSA) is 63.9 Å². The van der Waals surface area contributed by atoms with E-state index in [1.807, 2.05) is 32.0 Å². The van der Waals surface area contributed by atoms with Crippen LogP contribution in [0.25, 0.3) is 0 Å². The molecule has 0 radical (unpaired) electrons. The first kappa shape index (κ1) is 14.7. The Kier molecular flexibility index (Phi) is 3.92. The van der Waals surface area contributed by atoms with Crippen LogP contribution in [0.3, 0.4) is 0 Å².